The van der Waals surface area contributed by atoms with Crippen molar-refractivity contribution in [1.82, 2.24) is 0 Å². The first-order valence-electron chi connectivity index (χ1n) is 9.54. The fraction of sp³-hybridized carbons (Fsp3) is 0.333. The van der Waals surface area contributed by atoms with Crippen LogP contribution in [0, 0.1) is 6.92 Å². The molecule has 0 saturated heterocycles. The Labute approximate surface area is 170 Å². The number of carbonyl (C=O) groups is 1. The third-order valence-corrected chi connectivity index (χ3v) is 4.85. The van der Waals surface area contributed by atoms with Crippen molar-refractivity contribution in [2.24, 2.45) is 0 Å². The molecule has 0 spiro atoms. The summed E-state index contributed by atoms with van der Waals surface area (Å²) in [7, 11) is 1.28. The first-order valence-corrected chi connectivity index (χ1v) is 9.54. The van der Waals surface area contributed by atoms with Crippen LogP contribution in [0.5, 0.6) is 5.75 Å². The van der Waals surface area contributed by atoms with Gasteiger partial charge in [-0.05, 0) is 42.5 Å². The van der Waals surface area contributed by atoms with Crippen LogP contribution in [-0.4, -0.2) is 19.2 Å². The van der Waals surface area contributed by atoms with Gasteiger partial charge in [-0.1, -0.05) is 51.1 Å². The molecule has 2 aromatic carbocycles. The van der Waals surface area contributed by atoms with Crippen molar-refractivity contribution in [1.29, 1.82) is 0 Å². The van der Waals surface area contributed by atoms with Crippen molar-refractivity contribution in [3.63, 3.8) is 0 Å². The predicted molar refractivity (Wildman–Crippen MR) is 113 cm³/mol. The Hall–Kier alpha value is -3.08. The van der Waals surface area contributed by atoms with Crippen molar-refractivity contribution >= 4 is 16.9 Å². The molecule has 0 aliphatic heterocycles. The van der Waals surface area contributed by atoms with Crippen LogP contribution in [0.3, 0.4) is 0 Å². The zero-order chi connectivity index (χ0) is 21.3. The SMILES string of the molecule is COC(=O)[C@@H](C)Oc1c(-c2ccc(C(C)(C)C)cc2)oc2cc(C)ccc2c1=O. The fourth-order valence-corrected chi connectivity index (χ4v) is 3.09. The Morgan fingerprint density at radius 1 is 1.07 bits per heavy atom. The van der Waals surface area contributed by atoms with Crippen LogP contribution < -0.4 is 10.2 Å². The van der Waals surface area contributed by atoms with E-state index in [0.29, 0.717) is 22.3 Å². The van der Waals surface area contributed by atoms with E-state index in [1.165, 1.54) is 14.0 Å². The third-order valence-electron chi connectivity index (χ3n) is 4.85. The summed E-state index contributed by atoms with van der Waals surface area (Å²) in [6, 6.07) is 13.2. The maximum atomic E-state index is 13.2. The van der Waals surface area contributed by atoms with Crippen molar-refractivity contribution in [2.45, 2.75) is 46.1 Å². The predicted octanol–water partition coefficient (Wildman–Crippen LogP) is 5.01. The van der Waals surface area contributed by atoms with E-state index in [0.717, 1.165) is 11.1 Å². The van der Waals surface area contributed by atoms with Gasteiger partial charge in [0.1, 0.15) is 5.58 Å². The lowest BCUT2D eigenvalue weighted by Crippen LogP contribution is -2.27. The van der Waals surface area contributed by atoms with Gasteiger partial charge in [0.15, 0.2) is 11.9 Å². The van der Waals surface area contributed by atoms with Gasteiger partial charge in [0, 0.05) is 5.56 Å². The maximum Gasteiger partial charge on any atom is 0.346 e. The highest BCUT2D eigenvalue weighted by atomic mass is 16.6. The number of esters is 1. The van der Waals surface area contributed by atoms with Gasteiger partial charge < -0.3 is 13.9 Å². The molecule has 29 heavy (non-hydrogen) atoms. The molecule has 3 rings (SSSR count). The Morgan fingerprint density at radius 2 is 1.72 bits per heavy atom. The van der Waals surface area contributed by atoms with Crippen molar-refractivity contribution in [2.75, 3.05) is 7.11 Å². The van der Waals surface area contributed by atoms with Crippen molar-refractivity contribution in [3.8, 4) is 17.1 Å². The van der Waals surface area contributed by atoms with Gasteiger partial charge in [-0.3, -0.25) is 4.79 Å². The highest BCUT2D eigenvalue weighted by Gasteiger charge is 2.24. The summed E-state index contributed by atoms with van der Waals surface area (Å²) in [4.78, 5) is 25.0. The lowest BCUT2D eigenvalue weighted by Gasteiger charge is -2.19. The van der Waals surface area contributed by atoms with Gasteiger partial charge in [-0.25, -0.2) is 4.79 Å². The Kier molecular flexibility index (Phi) is 5.51. The number of aryl methyl sites for hydroxylation is 1. The first-order chi connectivity index (χ1) is 13.6. The molecule has 1 heterocycles. The standard InChI is InChI=1S/C24H26O5/c1-14-7-12-18-19(13-14)29-21(16-8-10-17(11-9-16)24(3,4)5)22(20(18)25)28-15(2)23(26)27-6/h7-13,15H,1-6H3/t15-/m1/s1. The Morgan fingerprint density at radius 3 is 2.31 bits per heavy atom. The summed E-state index contributed by atoms with van der Waals surface area (Å²) in [6.45, 7) is 9.87. The number of carbonyl (C=O) groups excluding carboxylic acids is 1. The van der Waals surface area contributed by atoms with Gasteiger partial charge in [0.05, 0.1) is 12.5 Å². The molecule has 5 nitrogen and oxygen atoms in total. The van der Waals surface area contributed by atoms with E-state index >= 15 is 0 Å². The van der Waals surface area contributed by atoms with Crippen LogP contribution in [0.1, 0.15) is 38.8 Å². The molecule has 0 radical (unpaired) electrons. The van der Waals surface area contributed by atoms with Gasteiger partial charge in [-0.2, -0.15) is 0 Å². The van der Waals surface area contributed by atoms with Crippen LogP contribution >= 0.6 is 0 Å². The molecule has 0 unspecified atom stereocenters. The fourth-order valence-electron chi connectivity index (χ4n) is 3.09. The summed E-state index contributed by atoms with van der Waals surface area (Å²) in [6.07, 6.45) is -0.946. The zero-order valence-corrected chi connectivity index (χ0v) is 17.7. The number of rotatable bonds is 4. The van der Waals surface area contributed by atoms with Crippen LogP contribution in [0.25, 0.3) is 22.3 Å². The molecule has 0 saturated carbocycles. The molecule has 5 heteroatoms. The van der Waals surface area contributed by atoms with Crippen molar-refractivity contribution in [3.05, 3.63) is 63.8 Å². The minimum absolute atomic E-state index is 0.00140. The topological polar surface area (TPSA) is 65.7 Å². The highest BCUT2D eigenvalue weighted by Crippen LogP contribution is 2.33. The van der Waals surface area contributed by atoms with Gasteiger partial charge in [0.2, 0.25) is 11.2 Å². The van der Waals surface area contributed by atoms with Crippen LogP contribution in [0.15, 0.2) is 51.7 Å². The molecule has 0 amide bonds. The smallest absolute Gasteiger partial charge is 0.346 e. The quantitative estimate of drug-likeness (QED) is 0.582. The lowest BCUT2D eigenvalue weighted by atomic mass is 9.86. The average molecular weight is 394 g/mol. The number of fused-ring (bicyclic) bond motifs is 1. The van der Waals surface area contributed by atoms with E-state index in [2.05, 4.69) is 20.8 Å². The number of hydrogen-bond acceptors (Lipinski definition) is 5. The zero-order valence-electron chi connectivity index (χ0n) is 17.7. The molecule has 0 aliphatic rings. The lowest BCUT2D eigenvalue weighted by molar-refractivity contribution is -0.147. The molecule has 3 aromatic rings. The molecule has 152 valence electrons. The maximum absolute atomic E-state index is 13.2. The van der Waals surface area contributed by atoms with E-state index in [9.17, 15) is 9.59 Å². The van der Waals surface area contributed by atoms with Gasteiger partial charge >= 0.3 is 5.97 Å². The molecule has 1 aromatic heterocycles. The third kappa shape index (κ3) is 4.19. The van der Waals surface area contributed by atoms with E-state index in [1.807, 2.05) is 43.3 Å². The minimum atomic E-state index is -0.946. The van der Waals surface area contributed by atoms with Crippen LogP contribution in [0.2, 0.25) is 0 Å². The van der Waals surface area contributed by atoms with E-state index in [-0.39, 0.29) is 16.6 Å². The highest BCUT2D eigenvalue weighted by molar-refractivity contribution is 5.83. The van der Waals surface area contributed by atoms with Gasteiger partial charge in [0.25, 0.3) is 0 Å². The van der Waals surface area contributed by atoms with Crippen LogP contribution in [0.4, 0.5) is 0 Å². The first kappa shape index (κ1) is 20.6. The van der Waals surface area contributed by atoms with Gasteiger partial charge in [-0.15, -0.1) is 0 Å². The molecular weight excluding hydrogens is 368 g/mol. The van der Waals surface area contributed by atoms with E-state index in [1.54, 1.807) is 6.07 Å². The minimum Gasteiger partial charge on any atom is -0.471 e. The molecular formula is C24H26O5. The second kappa shape index (κ2) is 7.74. The molecule has 0 fully saturated rings. The largest absolute Gasteiger partial charge is 0.471 e. The summed E-state index contributed by atoms with van der Waals surface area (Å²) < 4.78 is 16.6. The van der Waals surface area contributed by atoms with E-state index < -0.39 is 12.1 Å². The summed E-state index contributed by atoms with van der Waals surface area (Å²) in [5.41, 5.74) is 2.99. The average Bonchev–Trinajstić information content (AvgIpc) is 2.68. The van der Waals surface area contributed by atoms with E-state index in [4.69, 9.17) is 13.9 Å². The Balaban J connectivity index is 2.21. The second-order valence-corrected chi connectivity index (χ2v) is 8.20. The molecule has 0 N–H and O–H groups in total. The summed E-state index contributed by atoms with van der Waals surface area (Å²) in [5.74, 6) is -0.269. The molecule has 0 bridgehead atoms. The number of benzene rings is 2. The van der Waals surface area contributed by atoms with Crippen molar-refractivity contribution < 1.29 is 18.7 Å². The molecule has 1 atom stereocenters. The number of methoxy groups -OCH3 is 1. The second-order valence-electron chi connectivity index (χ2n) is 8.20. The summed E-state index contributed by atoms with van der Waals surface area (Å²) >= 11 is 0. The number of hydrogen-bond donors (Lipinski definition) is 0. The number of ether oxygens (including phenoxy) is 2. The summed E-state index contributed by atoms with van der Waals surface area (Å²) in [5, 5.41) is 0.401. The Bertz CT molecular complexity index is 1100. The normalized spacial score (nSPS) is 12.6. The monoisotopic (exact) mass is 394 g/mol. The molecule has 0 aliphatic carbocycles. The van der Waals surface area contributed by atoms with Crippen LogP contribution in [-0.2, 0) is 14.9 Å².